The maximum absolute atomic E-state index is 9.03. The average Bonchev–Trinajstić information content (AvgIpc) is 2.77. The Morgan fingerprint density at radius 1 is 1.18 bits per heavy atom. The number of rotatable bonds is 3. The van der Waals surface area contributed by atoms with Crippen LogP contribution in [0.25, 0.3) is 5.69 Å². The first-order valence-electron chi connectivity index (χ1n) is 5.56. The van der Waals surface area contributed by atoms with Crippen LogP contribution < -0.4 is 4.74 Å². The van der Waals surface area contributed by atoms with E-state index in [1.165, 1.54) is 0 Å². The number of hydrogen-bond donors (Lipinski definition) is 0. The normalized spacial score (nSPS) is 10.2. The Morgan fingerprint density at radius 2 is 1.94 bits per heavy atom. The molecule has 1 aromatic heterocycles. The van der Waals surface area contributed by atoms with Crippen molar-refractivity contribution in [3.8, 4) is 17.5 Å². The molecule has 1 aromatic carbocycles. The van der Waals surface area contributed by atoms with E-state index in [4.69, 9.17) is 10.00 Å². The van der Waals surface area contributed by atoms with E-state index in [0.29, 0.717) is 5.69 Å². The molecule has 0 N–H and O–H groups in total. The highest BCUT2D eigenvalue weighted by Crippen LogP contribution is 2.25. The number of benzene rings is 1. The van der Waals surface area contributed by atoms with E-state index in [-0.39, 0.29) is 6.10 Å². The Kier molecular flexibility index (Phi) is 3.15. The molecule has 17 heavy (non-hydrogen) atoms. The molecule has 2 aromatic rings. The summed E-state index contributed by atoms with van der Waals surface area (Å²) in [5.41, 5.74) is 1.49. The van der Waals surface area contributed by atoms with Crippen molar-refractivity contribution in [3.63, 3.8) is 0 Å². The van der Waals surface area contributed by atoms with Crippen molar-refractivity contribution in [3.05, 3.63) is 48.3 Å². The van der Waals surface area contributed by atoms with Crippen LogP contribution in [0.2, 0.25) is 0 Å². The lowest BCUT2D eigenvalue weighted by atomic mass is 10.2. The molecule has 1 heterocycles. The van der Waals surface area contributed by atoms with Gasteiger partial charge in [-0.1, -0.05) is 12.1 Å². The zero-order valence-electron chi connectivity index (χ0n) is 9.92. The highest BCUT2D eigenvalue weighted by Gasteiger charge is 2.09. The summed E-state index contributed by atoms with van der Waals surface area (Å²) < 4.78 is 7.57. The predicted octanol–water partition coefficient (Wildman–Crippen LogP) is 3.14. The Balaban J connectivity index is 2.49. The Morgan fingerprint density at radius 3 is 2.65 bits per heavy atom. The lowest BCUT2D eigenvalue weighted by Gasteiger charge is -2.15. The molecule has 0 aliphatic heterocycles. The van der Waals surface area contributed by atoms with Gasteiger partial charge in [-0.3, -0.25) is 0 Å². The van der Waals surface area contributed by atoms with Gasteiger partial charge in [0.15, 0.2) is 0 Å². The van der Waals surface area contributed by atoms with Crippen LogP contribution in [0.15, 0.2) is 42.6 Å². The summed E-state index contributed by atoms with van der Waals surface area (Å²) >= 11 is 0. The van der Waals surface area contributed by atoms with E-state index in [9.17, 15) is 0 Å². The molecular formula is C14H14N2O. The van der Waals surface area contributed by atoms with E-state index >= 15 is 0 Å². The van der Waals surface area contributed by atoms with Crippen LogP contribution in [0.1, 0.15) is 19.5 Å². The van der Waals surface area contributed by atoms with Crippen molar-refractivity contribution < 1.29 is 4.74 Å². The molecule has 2 rings (SSSR count). The van der Waals surface area contributed by atoms with Gasteiger partial charge < -0.3 is 9.30 Å². The van der Waals surface area contributed by atoms with Crippen molar-refractivity contribution >= 4 is 0 Å². The van der Waals surface area contributed by atoms with Gasteiger partial charge in [0.2, 0.25) is 0 Å². The van der Waals surface area contributed by atoms with Gasteiger partial charge in [0.1, 0.15) is 17.5 Å². The first-order chi connectivity index (χ1) is 8.22. The maximum Gasteiger partial charge on any atom is 0.143 e. The number of hydrogen-bond acceptors (Lipinski definition) is 2. The molecule has 0 radical (unpaired) electrons. The second-order valence-corrected chi connectivity index (χ2v) is 4.01. The SMILES string of the molecule is CC(C)Oc1ccccc1-n1cccc1C#N. The fourth-order valence-electron chi connectivity index (χ4n) is 1.69. The second kappa shape index (κ2) is 4.75. The Labute approximate surface area is 101 Å². The standard InChI is InChI=1S/C14H14N2O/c1-11(2)17-14-8-4-3-7-13(14)16-9-5-6-12(16)10-15/h3-9,11H,1-2H3. The zero-order valence-corrected chi connectivity index (χ0v) is 9.92. The van der Waals surface area contributed by atoms with Crippen molar-refractivity contribution in [1.29, 1.82) is 5.26 Å². The summed E-state index contributed by atoms with van der Waals surface area (Å²) in [4.78, 5) is 0. The minimum absolute atomic E-state index is 0.109. The molecule has 86 valence electrons. The first-order valence-corrected chi connectivity index (χ1v) is 5.56. The quantitative estimate of drug-likeness (QED) is 0.806. The lowest BCUT2D eigenvalue weighted by molar-refractivity contribution is 0.242. The van der Waals surface area contributed by atoms with Crippen LogP contribution in [0.3, 0.4) is 0 Å². The van der Waals surface area contributed by atoms with Crippen molar-refractivity contribution in [2.45, 2.75) is 20.0 Å². The molecule has 0 saturated heterocycles. The molecule has 0 unspecified atom stereocenters. The van der Waals surface area contributed by atoms with Gasteiger partial charge in [-0.2, -0.15) is 5.26 Å². The number of nitriles is 1. The summed E-state index contributed by atoms with van der Waals surface area (Å²) in [6, 6.07) is 13.5. The summed E-state index contributed by atoms with van der Waals surface area (Å²) in [7, 11) is 0. The van der Waals surface area contributed by atoms with Gasteiger partial charge in [-0.05, 0) is 38.1 Å². The van der Waals surface area contributed by atoms with E-state index in [0.717, 1.165) is 11.4 Å². The van der Waals surface area contributed by atoms with Crippen molar-refractivity contribution in [2.75, 3.05) is 0 Å². The molecule has 0 aliphatic carbocycles. The highest BCUT2D eigenvalue weighted by atomic mass is 16.5. The molecule has 0 saturated carbocycles. The van der Waals surface area contributed by atoms with Crippen LogP contribution in [-0.2, 0) is 0 Å². The molecular weight excluding hydrogens is 212 g/mol. The van der Waals surface area contributed by atoms with Crippen LogP contribution in [0, 0.1) is 11.3 Å². The fourth-order valence-corrected chi connectivity index (χ4v) is 1.69. The molecule has 0 amide bonds. The summed E-state index contributed by atoms with van der Waals surface area (Å²) in [5, 5.41) is 9.03. The summed E-state index contributed by atoms with van der Waals surface area (Å²) in [6.07, 6.45) is 1.97. The van der Waals surface area contributed by atoms with E-state index < -0.39 is 0 Å². The second-order valence-electron chi connectivity index (χ2n) is 4.01. The third-order valence-corrected chi connectivity index (χ3v) is 2.35. The van der Waals surface area contributed by atoms with Gasteiger partial charge in [0, 0.05) is 6.20 Å². The molecule has 0 spiro atoms. The number of para-hydroxylation sites is 2. The fraction of sp³-hybridized carbons (Fsp3) is 0.214. The maximum atomic E-state index is 9.03. The number of ether oxygens (including phenoxy) is 1. The van der Waals surface area contributed by atoms with Gasteiger partial charge in [0.05, 0.1) is 11.8 Å². The van der Waals surface area contributed by atoms with E-state index in [2.05, 4.69) is 6.07 Å². The van der Waals surface area contributed by atoms with Crippen LogP contribution >= 0.6 is 0 Å². The molecule has 0 aliphatic rings. The summed E-state index contributed by atoms with van der Waals surface area (Å²) in [6.45, 7) is 3.97. The van der Waals surface area contributed by atoms with Crippen LogP contribution in [-0.4, -0.2) is 10.7 Å². The van der Waals surface area contributed by atoms with Crippen LogP contribution in [0.5, 0.6) is 5.75 Å². The Bertz CT molecular complexity index is 549. The average molecular weight is 226 g/mol. The lowest BCUT2D eigenvalue weighted by Crippen LogP contribution is -2.08. The zero-order chi connectivity index (χ0) is 12.3. The Hall–Kier alpha value is -2.21. The van der Waals surface area contributed by atoms with Gasteiger partial charge >= 0.3 is 0 Å². The highest BCUT2D eigenvalue weighted by molar-refractivity contribution is 5.49. The largest absolute Gasteiger partial charge is 0.489 e. The molecule has 0 atom stereocenters. The smallest absolute Gasteiger partial charge is 0.143 e. The minimum Gasteiger partial charge on any atom is -0.489 e. The van der Waals surface area contributed by atoms with Gasteiger partial charge in [-0.15, -0.1) is 0 Å². The van der Waals surface area contributed by atoms with Crippen molar-refractivity contribution in [1.82, 2.24) is 4.57 Å². The molecule has 0 bridgehead atoms. The molecule has 0 fully saturated rings. The first kappa shape index (κ1) is 11.3. The monoisotopic (exact) mass is 226 g/mol. The van der Waals surface area contributed by atoms with Gasteiger partial charge in [-0.25, -0.2) is 0 Å². The third kappa shape index (κ3) is 2.31. The number of nitrogens with zero attached hydrogens (tertiary/aromatic N) is 2. The molecule has 3 heteroatoms. The third-order valence-electron chi connectivity index (χ3n) is 2.35. The predicted molar refractivity (Wildman–Crippen MR) is 66.2 cm³/mol. The van der Waals surface area contributed by atoms with Crippen molar-refractivity contribution in [2.24, 2.45) is 0 Å². The van der Waals surface area contributed by atoms with Gasteiger partial charge in [0.25, 0.3) is 0 Å². The van der Waals surface area contributed by atoms with Crippen LogP contribution in [0.4, 0.5) is 0 Å². The topological polar surface area (TPSA) is 38.0 Å². The number of aromatic nitrogens is 1. The minimum atomic E-state index is 0.109. The molecule has 3 nitrogen and oxygen atoms in total. The van der Waals surface area contributed by atoms with E-state index in [1.54, 1.807) is 6.07 Å². The summed E-state index contributed by atoms with van der Waals surface area (Å²) in [5.74, 6) is 0.787. The van der Waals surface area contributed by atoms with E-state index in [1.807, 2.05) is 54.9 Å².